The van der Waals surface area contributed by atoms with Crippen LogP contribution in [0.25, 0.3) is 10.6 Å². The Bertz CT molecular complexity index is 387. The van der Waals surface area contributed by atoms with Crippen LogP contribution in [0.1, 0.15) is 25.3 Å². The van der Waals surface area contributed by atoms with Gasteiger partial charge in [-0.3, -0.25) is 0 Å². The minimum atomic E-state index is 0.590. The number of hydrogen-bond acceptors (Lipinski definition) is 2. The minimum absolute atomic E-state index is 0.590. The van der Waals surface area contributed by atoms with Gasteiger partial charge in [-0.05, 0) is 11.5 Å². The molecule has 1 aromatic carbocycles. The molecule has 0 saturated carbocycles. The molecule has 71 valence electrons. The average molecular weight is 202 g/mol. The van der Waals surface area contributed by atoms with Crippen molar-refractivity contribution in [2.45, 2.75) is 19.8 Å². The van der Waals surface area contributed by atoms with Crippen LogP contribution in [0.4, 0.5) is 0 Å². The fourth-order valence-corrected chi connectivity index (χ4v) is 1.93. The molecule has 0 aliphatic carbocycles. The van der Waals surface area contributed by atoms with Gasteiger partial charge in [-0.15, -0.1) is 11.3 Å². The number of hydrogen-bond donors (Lipinski definition) is 0. The van der Waals surface area contributed by atoms with Crippen molar-refractivity contribution >= 4 is 11.3 Å². The summed E-state index contributed by atoms with van der Waals surface area (Å²) in [6.45, 7) is 4.40. The highest BCUT2D eigenvalue weighted by atomic mass is 32.1. The standard InChI is InChI=1S/C12H12NS/c1-9(2)10-3-5-11(6-4-10)12-13-7-8-14-12/h3-6,8-9H,1-2H3. The summed E-state index contributed by atoms with van der Waals surface area (Å²) in [5, 5.41) is 2.92. The van der Waals surface area contributed by atoms with E-state index in [1.165, 1.54) is 11.1 Å². The molecule has 2 heteroatoms. The van der Waals surface area contributed by atoms with E-state index >= 15 is 0 Å². The van der Waals surface area contributed by atoms with Gasteiger partial charge in [0, 0.05) is 10.9 Å². The second kappa shape index (κ2) is 3.93. The highest BCUT2D eigenvalue weighted by molar-refractivity contribution is 7.13. The van der Waals surface area contributed by atoms with Gasteiger partial charge < -0.3 is 0 Å². The second-order valence-corrected chi connectivity index (χ2v) is 4.42. The van der Waals surface area contributed by atoms with Crippen molar-refractivity contribution in [3.8, 4) is 10.6 Å². The lowest BCUT2D eigenvalue weighted by Crippen LogP contribution is -1.86. The number of benzene rings is 1. The van der Waals surface area contributed by atoms with Gasteiger partial charge in [0.25, 0.3) is 0 Å². The highest BCUT2D eigenvalue weighted by Crippen LogP contribution is 2.23. The molecule has 0 fully saturated rings. The molecule has 0 N–H and O–H groups in total. The molecule has 1 nitrogen and oxygen atoms in total. The lowest BCUT2D eigenvalue weighted by molar-refractivity contribution is 0.867. The third kappa shape index (κ3) is 1.85. The van der Waals surface area contributed by atoms with Crippen molar-refractivity contribution in [1.82, 2.24) is 4.98 Å². The zero-order valence-electron chi connectivity index (χ0n) is 8.32. The lowest BCUT2D eigenvalue weighted by Gasteiger charge is -2.04. The Kier molecular flexibility index (Phi) is 2.64. The predicted octanol–water partition coefficient (Wildman–Crippen LogP) is 3.73. The summed E-state index contributed by atoms with van der Waals surface area (Å²) in [4.78, 5) is 4.15. The number of aromatic nitrogens is 1. The summed E-state index contributed by atoms with van der Waals surface area (Å²) in [6.07, 6.45) is 2.83. The normalized spacial score (nSPS) is 10.8. The molecule has 0 atom stereocenters. The fourth-order valence-electron chi connectivity index (χ4n) is 1.34. The van der Waals surface area contributed by atoms with E-state index in [9.17, 15) is 0 Å². The van der Waals surface area contributed by atoms with Crippen molar-refractivity contribution in [2.75, 3.05) is 0 Å². The summed E-state index contributed by atoms with van der Waals surface area (Å²) < 4.78 is 0. The Morgan fingerprint density at radius 1 is 1.21 bits per heavy atom. The van der Waals surface area contributed by atoms with Crippen molar-refractivity contribution in [3.05, 3.63) is 41.4 Å². The number of thiazole rings is 1. The van der Waals surface area contributed by atoms with Crippen LogP contribution in [0.15, 0.2) is 29.6 Å². The molecule has 0 unspecified atom stereocenters. The first-order chi connectivity index (χ1) is 6.77. The lowest BCUT2D eigenvalue weighted by atomic mass is 10.0. The van der Waals surface area contributed by atoms with E-state index in [0.29, 0.717) is 5.92 Å². The first-order valence-corrected chi connectivity index (χ1v) is 5.57. The van der Waals surface area contributed by atoms with Gasteiger partial charge in [0.05, 0.1) is 0 Å². The van der Waals surface area contributed by atoms with E-state index in [-0.39, 0.29) is 0 Å². The van der Waals surface area contributed by atoms with E-state index in [1.807, 2.05) is 5.38 Å². The molecule has 1 radical (unpaired) electrons. The molecule has 1 aromatic heterocycles. The molecule has 0 amide bonds. The van der Waals surface area contributed by atoms with Gasteiger partial charge in [-0.1, -0.05) is 38.1 Å². The summed E-state index contributed by atoms with van der Waals surface area (Å²) >= 11 is 1.62. The van der Waals surface area contributed by atoms with Crippen molar-refractivity contribution < 1.29 is 0 Å². The molecule has 2 rings (SSSR count). The molecule has 0 saturated heterocycles. The number of rotatable bonds is 2. The van der Waals surface area contributed by atoms with E-state index in [0.717, 1.165) is 5.01 Å². The highest BCUT2D eigenvalue weighted by Gasteiger charge is 2.02. The van der Waals surface area contributed by atoms with Crippen molar-refractivity contribution in [3.63, 3.8) is 0 Å². The Balaban J connectivity index is 2.31. The molecular weight excluding hydrogens is 190 g/mol. The molecule has 2 aromatic rings. The Morgan fingerprint density at radius 2 is 1.93 bits per heavy atom. The molecule has 14 heavy (non-hydrogen) atoms. The zero-order valence-corrected chi connectivity index (χ0v) is 9.14. The molecule has 0 bridgehead atoms. The molecule has 1 heterocycles. The summed E-state index contributed by atoms with van der Waals surface area (Å²) in [6, 6.07) is 8.59. The van der Waals surface area contributed by atoms with E-state index < -0.39 is 0 Å². The van der Waals surface area contributed by atoms with Crippen LogP contribution in [0, 0.1) is 6.20 Å². The van der Waals surface area contributed by atoms with Gasteiger partial charge in [-0.25, -0.2) is 4.98 Å². The van der Waals surface area contributed by atoms with E-state index in [1.54, 1.807) is 11.3 Å². The zero-order chi connectivity index (χ0) is 9.97. The van der Waals surface area contributed by atoms with Crippen molar-refractivity contribution in [1.29, 1.82) is 0 Å². The Labute approximate surface area is 88.4 Å². The van der Waals surface area contributed by atoms with E-state index in [4.69, 9.17) is 0 Å². The first-order valence-electron chi connectivity index (χ1n) is 4.69. The largest absolute Gasteiger partial charge is 0.234 e. The van der Waals surface area contributed by atoms with Gasteiger partial charge in [0.2, 0.25) is 0 Å². The summed E-state index contributed by atoms with van der Waals surface area (Å²) in [5.74, 6) is 0.590. The molecular formula is C12H12NS. The average Bonchev–Trinajstić information content (AvgIpc) is 2.71. The van der Waals surface area contributed by atoms with Gasteiger partial charge in [0.1, 0.15) is 11.2 Å². The second-order valence-electron chi connectivity index (χ2n) is 3.56. The predicted molar refractivity (Wildman–Crippen MR) is 60.5 cm³/mol. The minimum Gasteiger partial charge on any atom is -0.234 e. The molecule has 0 spiro atoms. The maximum atomic E-state index is 4.15. The van der Waals surface area contributed by atoms with Crippen molar-refractivity contribution in [2.24, 2.45) is 0 Å². The smallest absolute Gasteiger partial charge is 0.124 e. The molecule has 0 aliphatic rings. The fraction of sp³-hybridized carbons (Fsp3) is 0.250. The van der Waals surface area contributed by atoms with Gasteiger partial charge >= 0.3 is 0 Å². The first kappa shape index (κ1) is 9.41. The van der Waals surface area contributed by atoms with Crippen LogP contribution < -0.4 is 0 Å². The maximum Gasteiger partial charge on any atom is 0.124 e. The summed E-state index contributed by atoms with van der Waals surface area (Å²) in [7, 11) is 0. The quantitative estimate of drug-likeness (QED) is 0.723. The van der Waals surface area contributed by atoms with Crippen LogP contribution in [0.2, 0.25) is 0 Å². The van der Waals surface area contributed by atoms with Gasteiger partial charge in [-0.2, -0.15) is 0 Å². The third-order valence-electron chi connectivity index (χ3n) is 2.21. The van der Waals surface area contributed by atoms with E-state index in [2.05, 4.69) is 49.3 Å². The molecule has 0 aliphatic heterocycles. The topological polar surface area (TPSA) is 12.9 Å². The SMILES string of the molecule is CC(C)c1ccc(-c2n[c]cs2)cc1. The maximum absolute atomic E-state index is 4.15. The van der Waals surface area contributed by atoms with Crippen LogP contribution >= 0.6 is 11.3 Å². The number of nitrogens with zero attached hydrogens (tertiary/aromatic N) is 1. The third-order valence-corrected chi connectivity index (χ3v) is 2.99. The van der Waals surface area contributed by atoms with Crippen LogP contribution in [-0.4, -0.2) is 4.98 Å². The van der Waals surface area contributed by atoms with Crippen LogP contribution in [0.3, 0.4) is 0 Å². The van der Waals surface area contributed by atoms with Crippen LogP contribution in [-0.2, 0) is 0 Å². The Morgan fingerprint density at radius 3 is 2.43 bits per heavy atom. The monoisotopic (exact) mass is 202 g/mol. The summed E-state index contributed by atoms with van der Waals surface area (Å²) in [5.41, 5.74) is 2.55. The van der Waals surface area contributed by atoms with Gasteiger partial charge in [0.15, 0.2) is 0 Å². The Hall–Kier alpha value is -1.15. The van der Waals surface area contributed by atoms with Crippen LogP contribution in [0.5, 0.6) is 0 Å².